The van der Waals surface area contributed by atoms with Gasteiger partial charge in [0.2, 0.25) is 0 Å². The maximum atomic E-state index is 13.1. The highest BCUT2D eigenvalue weighted by Gasteiger charge is 2.31. The van der Waals surface area contributed by atoms with Gasteiger partial charge in [-0.15, -0.1) is 0 Å². The van der Waals surface area contributed by atoms with E-state index in [0.29, 0.717) is 4.90 Å². The average molecular weight is 352 g/mol. The van der Waals surface area contributed by atoms with Gasteiger partial charge in [0.15, 0.2) is 0 Å². The van der Waals surface area contributed by atoms with Crippen molar-refractivity contribution in [3.63, 3.8) is 0 Å². The monoisotopic (exact) mass is 352 g/mol. The standard InChI is InChI=1S/C18H19F3N2S/c1-13-2-5-15(6-3-13)24-17-12-14(18(19,20)21)4-7-16(17)23-10-8-22-9-11-23/h2-7,12,22H,8-11H2,1H3. The smallest absolute Gasteiger partial charge is 0.368 e. The number of nitrogens with one attached hydrogen (secondary N) is 1. The van der Waals surface area contributed by atoms with E-state index in [4.69, 9.17) is 0 Å². The molecule has 128 valence electrons. The van der Waals surface area contributed by atoms with E-state index in [1.165, 1.54) is 23.9 Å². The fourth-order valence-electron chi connectivity index (χ4n) is 2.67. The van der Waals surface area contributed by atoms with E-state index in [1.807, 2.05) is 31.2 Å². The maximum Gasteiger partial charge on any atom is 0.416 e. The van der Waals surface area contributed by atoms with Gasteiger partial charge >= 0.3 is 6.18 Å². The molecule has 0 bridgehead atoms. The van der Waals surface area contributed by atoms with Gasteiger partial charge in [-0.1, -0.05) is 29.5 Å². The molecule has 0 amide bonds. The number of hydrogen-bond acceptors (Lipinski definition) is 3. The quantitative estimate of drug-likeness (QED) is 0.871. The molecule has 2 aromatic rings. The molecule has 0 saturated carbocycles. The van der Waals surface area contributed by atoms with Crippen LogP contribution >= 0.6 is 11.8 Å². The first-order valence-electron chi connectivity index (χ1n) is 7.85. The van der Waals surface area contributed by atoms with E-state index in [0.717, 1.165) is 42.3 Å². The number of alkyl halides is 3. The topological polar surface area (TPSA) is 15.3 Å². The summed E-state index contributed by atoms with van der Waals surface area (Å²) in [5.74, 6) is 0. The van der Waals surface area contributed by atoms with Gasteiger partial charge in [0, 0.05) is 36.0 Å². The van der Waals surface area contributed by atoms with Gasteiger partial charge in [-0.05, 0) is 37.3 Å². The fourth-order valence-corrected chi connectivity index (χ4v) is 3.69. The van der Waals surface area contributed by atoms with Crippen molar-refractivity contribution in [1.82, 2.24) is 5.32 Å². The Balaban J connectivity index is 1.96. The number of rotatable bonds is 3. The van der Waals surface area contributed by atoms with Gasteiger partial charge in [-0.3, -0.25) is 0 Å². The molecule has 0 spiro atoms. The van der Waals surface area contributed by atoms with Crippen molar-refractivity contribution in [2.24, 2.45) is 0 Å². The van der Waals surface area contributed by atoms with Crippen LogP contribution in [0.15, 0.2) is 52.3 Å². The Hall–Kier alpha value is -1.66. The van der Waals surface area contributed by atoms with Gasteiger partial charge in [-0.2, -0.15) is 13.2 Å². The number of nitrogens with zero attached hydrogens (tertiary/aromatic N) is 1. The first-order chi connectivity index (χ1) is 11.4. The Bertz CT molecular complexity index is 692. The summed E-state index contributed by atoms with van der Waals surface area (Å²) in [5.41, 5.74) is 1.40. The number of hydrogen-bond donors (Lipinski definition) is 1. The Morgan fingerprint density at radius 1 is 1.00 bits per heavy atom. The molecule has 1 fully saturated rings. The van der Waals surface area contributed by atoms with E-state index in [2.05, 4.69) is 10.2 Å². The highest BCUT2D eigenvalue weighted by Crippen LogP contribution is 2.40. The summed E-state index contributed by atoms with van der Waals surface area (Å²) in [6.07, 6.45) is -4.33. The minimum atomic E-state index is -4.33. The van der Waals surface area contributed by atoms with E-state index < -0.39 is 11.7 Å². The SMILES string of the molecule is Cc1ccc(Sc2cc(C(F)(F)F)ccc2N2CCNCC2)cc1. The molecule has 24 heavy (non-hydrogen) atoms. The summed E-state index contributed by atoms with van der Waals surface area (Å²) in [5, 5.41) is 3.27. The predicted molar refractivity (Wildman–Crippen MR) is 91.8 cm³/mol. The lowest BCUT2D eigenvalue weighted by Gasteiger charge is -2.31. The van der Waals surface area contributed by atoms with Gasteiger partial charge < -0.3 is 10.2 Å². The third-order valence-corrected chi connectivity index (χ3v) is 5.05. The van der Waals surface area contributed by atoms with Crippen LogP contribution in [-0.2, 0) is 6.18 Å². The summed E-state index contributed by atoms with van der Waals surface area (Å²) < 4.78 is 39.3. The molecule has 0 atom stereocenters. The number of aryl methyl sites for hydroxylation is 1. The van der Waals surface area contributed by atoms with Crippen LogP contribution in [0, 0.1) is 6.92 Å². The Kier molecular flexibility index (Phi) is 5.06. The molecular formula is C18H19F3N2S. The highest BCUT2D eigenvalue weighted by molar-refractivity contribution is 7.99. The molecule has 0 radical (unpaired) electrons. The van der Waals surface area contributed by atoms with E-state index in [-0.39, 0.29) is 0 Å². The van der Waals surface area contributed by atoms with Gasteiger partial charge in [0.25, 0.3) is 0 Å². The number of benzene rings is 2. The van der Waals surface area contributed by atoms with Crippen LogP contribution in [0.3, 0.4) is 0 Å². The minimum Gasteiger partial charge on any atom is -0.368 e. The zero-order chi connectivity index (χ0) is 17.2. The number of piperazine rings is 1. The zero-order valence-electron chi connectivity index (χ0n) is 13.4. The molecule has 2 aromatic carbocycles. The van der Waals surface area contributed by atoms with Crippen molar-refractivity contribution in [2.75, 3.05) is 31.1 Å². The molecule has 1 N–H and O–H groups in total. The van der Waals surface area contributed by atoms with Gasteiger partial charge in [0.05, 0.1) is 11.3 Å². The lowest BCUT2D eigenvalue weighted by molar-refractivity contribution is -0.137. The Morgan fingerprint density at radius 2 is 1.67 bits per heavy atom. The molecule has 0 unspecified atom stereocenters. The summed E-state index contributed by atoms with van der Waals surface area (Å²) in [4.78, 5) is 3.74. The summed E-state index contributed by atoms with van der Waals surface area (Å²) >= 11 is 1.38. The molecular weight excluding hydrogens is 333 g/mol. The van der Waals surface area contributed by atoms with Crippen LogP contribution in [0.5, 0.6) is 0 Å². The molecule has 6 heteroatoms. The van der Waals surface area contributed by atoms with Crippen molar-refractivity contribution in [3.05, 3.63) is 53.6 Å². The van der Waals surface area contributed by atoms with Crippen molar-refractivity contribution in [3.8, 4) is 0 Å². The van der Waals surface area contributed by atoms with Crippen LogP contribution in [0.1, 0.15) is 11.1 Å². The van der Waals surface area contributed by atoms with Crippen LogP contribution in [0.4, 0.5) is 18.9 Å². The van der Waals surface area contributed by atoms with E-state index >= 15 is 0 Å². The Morgan fingerprint density at radius 3 is 2.29 bits per heavy atom. The summed E-state index contributed by atoms with van der Waals surface area (Å²) in [7, 11) is 0. The summed E-state index contributed by atoms with van der Waals surface area (Å²) in [6.45, 7) is 5.27. The predicted octanol–water partition coefficient (Wildman–Crippen LogP) is 4.57. The lowest BCUT2D eigenvalue weighted by Crippen LogP contribution is -2.43. The van der Waals surface area contributed by atoms with Crippen LogP contribution < -0.4 is 10.2 Å². The molecule has 0 aliphatic carbocycles. The molecule has 0 aromatic heterocycles. The molecule has 3 rings (SSSR count). The maximum absolute atomic E-state index is 13.1. The van der Waals surface area contributed by atoms with Crippen LogP contribution in [0.2, 0.25) is 0 Å². The first-order valence-corrected chi connectivity index (χ1v) is 8.66. The second kappa shape index (κ2) is 7.07. The zero-order valence-corrected chi connectivity index (χ0v) is 14.2. The van der Waals surface area contributed by atoms with Crippen molar-refractivity contribution >= 4 is 17.4 Å². The van der Waals surface area contributed by atoms with Crippen molar-refractivity contribution in [1.29, 1.82) is 0 Å². The molecule has 1 heterocycles. The van der Waals surface area contributed by atoms with Crippen molar-refractivity contribution < 1.29 is 13.2 Å². The second-order valence-corrected chi connectivity index (χ2v) is 6.95. The van der Waals surface area contributed by atoms with Gasteiger partial charge in [-0.25, -0.2) is 0 Å². The number of halogens is 3. The first kappa shape index (κ1) is 17.2. The highest BCUT2D eigenvalue weighted by atomic mass is 32.2. The average Bonchev–Trinajstić information content (AvgIpc) is 2.57. The van der Waals surface area contributed by atoms with Gasteiger partial charge in [0.1, 0.15) is 0 Å². The molecule has 2 nitrogen and oxygen atoms in total. The van der Waals surface area contributed by atoms with E-state index in [9.17, 15) is 13.2 Å². The van der Waals surface area contributed by atoms with Crippen LogP contribution in [0.25, 0.3) is 0 Å². The van der Waals surface area contributed by atoms with Crippen molar-refractivity contribution in [2.45, 2.75) is 22.9 Å². The summed E-state index contributed by atoms with van der Waals surface area (Å²) in [6, 6.07) is 11.9. The number of anilines is 1. The molecule has 1 saturated heterocycles. The molecule has 1 aliphatic rings. The fraction of sp³-hybridized carbons (Fsp3) is 0.333. The largest absolute Gasteiger partial charge is 0.416 e. The van der Waals surface area contributed by atoms with E-state index in [1.54, 1.807) is 6.07 Å². The minimum absolute atomic E-state index is 0.601. The third kappa shape index (κ3) is 4.05. The normalized spacial score (nSPS) is 15.6. The second-order valence-electron chi connectivity index (χ2n) is 5.83. The molecule has 1 aliphatic heterocycles. The Labute approximate surface area is 144 Å². The van der Waals surface area contributed by atoms with Crippen LogP contribution in [-0.4, -0.2) is 26.2 Å². The lowest BCUT2D eigenvalue weighted by atomic mass is 10.1. The third-order valence-electron chi connectivity index (χ3n) is 3.99.